The van der Waals surface area contributed by atoms with Crippen molar-refractivity contribution in [2.45, 2.75) is 6.42 Å². The molecule has 0 unspecified atom stereocenters. The Hall–Kier alpha value is -0.870. The van der Waals surface area contributed by atoms with Crippen LogP contribution in [0.1, 0.15) is 15.2 Å². The first-order valence-corrected chi connectivity index (χ1v) is 7.89. The smallest absolute Gasteiger partial charge is 0.178 e. The summed E-state index contributed by atoms with van der Waals surface area (Å²) in [6, 6.07) is 9.11. The van der Waals surface area contributed by atoms with Crippen LogP contribution in [0.15, 0.2) is 35.7 Å². The molecule has 0 saturated heterocycles. The molecule has 2 nitrogen and oxygen atoms in total. The first-order valence-electron chi connectivity index (χ1n) is 6.25. The van der Waals surface area contributed by atoms with Gasteiger partial charge in [-0.1, -0.05) is 29.3 Å². The van der Waals surface area contributed by atoms with Gasteiger partial charge < -0.3 is 0 Å². The van der Waals surface area contributed by atoms with Crippen LogP contribution in [0.5, 0.6) is 0 Å². The van der Waals surface area contributed by atoms with Crippen LogP contribution in [0.4, 0.5) is 0 Å². The van der Waals surface area contributed by atoms with Gasteiger partial charge in [-0.15, -0.1) is 11.3 Å². The van der Waals surface area contributed by atoms with Crippen LogP contribution in [-0.4, -0.2) is 30.8 Å². The number of ketones is 1. The van der Waals surface area contributed by atoms with E-state index in [0.29, 0.717) is 22.2 Å². The highest BCUT2D eigenvalue weighted by atomic mass is 35.5. The zero-order valence-electron chi connectivity index (χ0n) is 11.1. The van der Waals surface area contributed by atoms with Crippen molar-refractivity contribution in [1.29, 1.82) is 0 Å². The minimum Gasteiger partial charge on any atom is -0.299 e. The molecule has 0 saturated carbocycles. The Bertz CT molecular complexity index is 584. The summed E-state index contributed by atoms with van der Waals surface area (Å²) < 4.78 is 0. The van der Waals surface area contributed by atoms with Crippen molar-refractivity contribution < 1.29 is 4.79 Å². The predicted octanol–water partition coefficient (Wildman–Crippen LogP) is 4.41. The second-order valence-electron chi connectivity index (χ2n) is 4.61. The van der Waals surface area contributed by atoms with Crippen LogP contribution in [0.3, 0.4) is 0 Å². The molecule has 0 aliphatic carbocycles. The predicted molar refractivity (Wildman–Crippen MR) is 86.3 cm³/mol. The topological polar surface area (TPSA) is 20.3 Å². The van der Waals surface area contributed by atoms with Gasteiger partial charge in [0.1, 0.15) is 0 Å². The van der Waals surface area contributed by atoms with Crippen molar-refractivity contribution in [3.63, 3.8) is 0 Å². The third kappa shape index (κ3) is 4.32. The van der Waals surface area contributed by atoms with E-state index in [1.54, 1.807) is 29.5 Å². The molecule has 2 rings (SSSR count). The van der Waals surface area contributed by atoms with Crippen LogP contribution in [0.25, 0.3) is 0 Å². The minimum atomic E-state index is -0.00817. The highest BCUT2D eigenvalue weighted by Crippen LogP contribution is 2.21. The molecule has 0 N–H and O–H groups in total. The molecule has 0 bridgehead atoms. The Balaban J connectivity index is 1.91. The zero-order chi connectivity index (χ0) is 14.5. The Morgan fingerprint density at radius 1 is 1.30 bits per heavy atom. The van der Waals surface area contributed by atoms with Crippen molar-refractivity contribution in [2.24, 2.45) is 0 Å². The third-order valence-corrected chi connectivity index (χ3v) is 4.46. The monoisotopic (exact) mass is 327 g/mol. The summed E-state index contributed by atoms with van der Waals surface area (Å²) in [5.41, 5.74) is 0.488. The van der Waals surface area contributed by atoms with Gasteiger partial charge in [0.15, 0.2) is 5.78 Å². The highest BCUT2D eigenvalue weighted by molar-refractivity contribution is 7.09. The molecule has 1 aromatic heterocycles. The van der Waals surface area contributed by atoms with Gasteiger partial charge in [0.2, 0.25) is 0 Å². The highest BCUT2D eigenvalue weighted by Gasteiger charge is 2.13. The van der Waals surface area contributed by atoms with E-state index in [1.807, 2.05) is 18.0 Å². The summed E-state index contributed by atoms with van der Waals surface area (Å²) in [6.07, 6.45) is 0.949. The molecule has 0 spiro atoms. The number of thiophene rings is 1. The summed E-state index contributed by atoms with van der Waals surface area (Å²) in [5.74, 6) is -0.00817. The minimum absolute atomic E-state index is 0.00817. The quantitative estimate of drug-likeness (QED) is 0.732. The average molecular weight is 328 g/mol. The van der Waals surface area contributed by atoms with E-state index in [2.05, 4.69) is 11.4 Å². The molecule has 1 aromatic carbocycles. The van der Waals surface area contributed by atoms with Gasteiger partial charge in [-0.05, 0) is 43.1 Å². The molecule has 106 valence electrons. The first-order chi connectivity index (χ1) is 9.56. The van der Waals surface area contributed by atoms with Crippen LogP contribution < -0.4 is 0 Å². The molecule has 20 heavy (non-hydrogen) atoms. The van der Waals surface area contributed by atoms with Crippen molar-refractivity contribution in [3.8, 4) is 0 Å². The molecular formula is C15H15Cl2NOS. The van der Waals surface area contributed by atoms with Crippen LogP contribution in [-0.2, 0) is 6.42 Å². The summed E-state index contributed by atoms with van der Waals surface area (Å²) in [4.78, 5) is 15.5. The lowest BCUT2D eigenvalue weighted by Crippen LogP contribution is -2.28. The van der Waals surface area contributed by atoms with Crippen LogP contribution >= 0.6 is 34.5 Å². The fraction of sp³-hybridized carbons (Fsp3) is 0.267. The van der Waals surface area contributed by atoms with Crippen LogP contribution in [0, 0.1) is 0 Å². The van der Waals surface area contributed by atoms with Gasteiger partial charge in [0.25, 0.3) is 0 Å². The molecule has 5 heteroatoms. The largest absolute Gasteiger partial charge is 0.299 e. The van der Waals surface area contributed by atoms with E-state index in [1.165, 1.54) is 4.88 Å². The van der Waals surface area contributed by atoms with E-state index in [-0.39, 0.29) is 5.78 Å². The second-order valence-corrected chi connectivity index (χ2v) is 6.49. The van der Waals surface area contributed by atoms with Gasteiger partial charge >= 0.3 is 0 Å². The van der Waals surface area contributed by atoms with Crippen LogP contribution in [0.2, 0.25) is 10.0 Å². The zero-order valence-corrected chi connectivity index (χ0v) is 13.4. The van der Waals surface area contributed by atoms with E-state index < -0.39 is 0 Å². The van der Waals surface area contributed by atoms with Gasteiger partial charge in [0.05, 0.1) is 11.6 Å². The van der Waals surface area contributed by atoms with Crippen molar-refractivity contribution in [1.82, 2.24) is 4.90 Å². The molecule has 0 atom stereocenters. The number of nitrogens with zero attached hydrogens (tertiary/aromatic N) is 1. The number of carbonyl (C=O) groups is 1. The number of benzene rings is 1. The SMILES string of the molecule is CN(CCc1cccs1)CC(=O)c1cc(Cl)ccc1Cl. The Labute approximate surface area is 132 Å². The number of Topliss-reactive ketones (excluding diaryl/α,β-unsaturated/α-hetero) is 1. The van der Waals surface area contributed by atoms with E-state index in [4.69, 9.17) is 23.2 Å². The fourth-order valence-electron chi connectivity index (χ4n) is 1.88. The standard InChI is InChI=1S/C15H15Cl2NOS/c1-18(7-6-12-3-2-8-20-12)10-15(19)13-9-11(16)4-5-14(13)17/h2-5,8-9H,6-7,10H2,1H3. The van der Waals surface area contributed by atoms with E-state index >= 15 is 0 Å². The molecule has 0 fully saturated rings. The Morgan fingerprint density at radius 2 is 2.10 bits per heavy atom. The van der Waals surface area contributed by atoms with Crippen molar-refractivity contribution in [2.75, 3.05) is 20.1 Å². The molecular weight excluding hydrogens is 313 g/mol. The second kappa shape index (κ2) is 7.23. The van der Waals surface area contributed by atoms with Crippen molar-refractivity contribution in [3.05, 3.63) is 56.2 Å². The number of hydrogen-bond donors (Lipinski definition) is 0. The number of carbonyl (C=O) groups excluding carboxylic acids is 1. The maximum Gasteiger partial charge on any atom is 0.178 e. The average Bonchev–Trinajstić information content (AvgIpc) is 2.92. The third-order valence-electron chi connectivity index (χ3n) is 2.96. The lowest BCUT2D eigenvalue weighted by molar-refractivity contribution is 0.0947. The normalized spacial score (nSPS) is 11.0. The summed E-state index contributed by atoms with van der Waals surface area (Å²) in [5, 5.41) is 3.04. The molecule has 0 amide bonds. The number of likely N-dealkylation sites (N-methyl/N-ethyl adjacent to an activating group) is 1. The van der Waals surface area contributed by atoms with Crippen molar-refractivity contribution >= 4 is 40.3 Å². The molecule has 0 aliphatic heterocycles. The summed E-state index contributed by atoms with van der Waals surface area (Å²) in [7, 11) is 1.93. The summed E-state index contributed by atoms with van der Waals surface area (Å²) >= 11 is 13.7. The lowest BCUT2D eigenvalue weighted by atomic mass is 10.1. The van der Waals surface area contributed by atoms with Gasteiger partial charge in [0, 0.05) is 22.0 Å². The summed E-state index contributed by atoms with van der Waals surface area (Å²) in [6.45, 7) is 1.18. The number of hydrogen-bond acceptors (Lipinski definition) is 3. The molecule has 0 aliphatic rings. The maximum absolute atomic E-state index is 12.2. The maximum atomic E-state index is 12.2. The first kappa shape index (κ1) is 15.5. The van der Waals surface area contributed by atoms with Gasteiger partial charge in [-0.25, -0.2) is 0 Å². The fourth-order valence-corrected chi connectivity index (χ4v) is 2.97. The molecule has 2 aromatic rings. The van der Waals surface area contributed by atoms with Gasteiger partial charge in [-0.3, -0.25) is 9.69 Å². The van der Waals surface area contributed by atoms with E-state index in [9.17, 15) is 4.79 Å². The molecule has 0 radical (unpaired) electrons. The lowest BCUT2D eigenvalue weighted by Gasteiger charge is -2.15. The molecule has 1 heterocycles. The van der Waals surface area contributed by atoms with Gasteiger partial charge in [-0.2, -0.15) is 0 Å². The Kier molecular flexibility index (Phi) is 5.61. The van der Waals surface area contributed by atoms with E-state index in [0.717, 1.165) is 13.0 Å². The number of halogens is 2. The number of rotatable bonds is 6. The Morgan fingerprint density at radius 3 is 2.80 bits per heavy atom.